The van der Waals surface area contributed by atoms with Crippen molar-refractivity contribution in [2.24, 2.45) is 11.8 Å². The van der Waals surface area contributed by atoms with E-state index in [0.29, 0.717) is 6.10 Å². The van der Waals surface area contributed by atoms with Crippen LogP contribution in [0.5, 0.6) is 0 Å². The van der Waals surface area contributed by atoms with Gasteiger partial charge in [-0.25, -0.2) is 0 Å². The Morgan fingerprint density at radius 1 is 1.55 bits per heavy atom. The van der Waals surface area contributed by atoms with Crippen LogP contribution < -0.4 is 0 Å². The molecule has 0 bridgehead atoms. The second-order valence-electron chi connectivity index (χ2n) is 3.16. The molecule has 3 unspecified atom stereocenters. The normalized spacial score (nSPS) is 31.4. The highest BCUT2D eigenvalue weighted by Gasteiger charge is 2.31. The topological polar surface area (TPSA) is 49.7 Å². The van der Waals surface area contributed by atoms with E-state index in [1.807, 2.05) is 0 Å². The van der Waals surface area contributed by atoms with E-state index in [9.17, 15) is 0 Å². The molecule has 0 aromatic carbocycles. The van der Waals surface area contributed by atoms with E-state index in [4.69, 9.17) is 15.3 Å². The quantitative estimate of drug-likeness (QED) is 0.483. The summed E-state index contributed by atoms with van der Waals surface area (Å²) < 4.78 is 5.40. The molecule has 3 atom stereocenters. The lowest BCUT2D eigenvalue weighted by atomic mass is 9.88. The highest BCUT2D eigenvalue weighted by Crippen LogP contribution is 2.27. The van der Waals surface area contributed by atoms with Crippen molar-refractivity contribution in [3.8, 4) is 0 Å². The lowest BCUT2D eigenvalue weighted by Gasteiger charge is -2.38. The van der Waals surface area contributed by atoms with E-state index in [0.717, 1.165) is 18.4 Å². The fourth-order valence-corrected chi connectivity index (χ4v) is 1.36. The molecule has 1 saturated heterocycles. The van der Waals surface area contributed by atoms with Gasteiger partial charge in [0, 0.05) is 5.92 Å². The van der Waals surface area contributed by atoms with Crippen molar-refractivity contribution in [1.82, 2.24) is 0 Å². The van der Waals surface area contributed by atoms with Crippen LogP contribution in [0.2, 0.25) is 0 Å². The van der Waals surface area contributed by atoms with Gasteiger partial charge in [-0.2, -0.15) is 0 Å². The highest BCUT2D eigenvalue weighted by molar-refractivity contribution is 4.78. The van der Waals surface area contributed by atoms with Crippen LogP contribution in [0.1, 0.15) is 27.2 Å². The predicted molar refractivity (Wildman–Crippen MR) is 43.6 cm³/mol. The molecule has 1 fully saturated rings. The molecule has 0 aromatic heterocycles. The zero-order valence-corrected chi connectivity index (χ0v) is 7.45. The van der Waals surface area contributed by atoms with E-state index in [2.05, 4.69) is 20.8 Å². The van der Waals surface area contributed by atoms with Crippen LogP contribution >= 0.6 is 0 Å². The van der Waals surface area contributed by atoms with Gasteiger partial charge in [-0.15, -0.1) is 0 Å². The highest BCUT2D eigenvalue weighted by atomic mass is 17.0. The monoisotopic (exact) mass is 162 g/mol. The first kappa shape index (κ1) is 10.9. The summed E-state index contributed by atoms with van der Waals surface area (Å²) in [5.41, 5.74) is 0. The molecule has 0 aliphatic carbocycles. The molecule has 1 heterocycles. The molecule has 1 aliphatic rings. The zero-order valence-electron chi connectivity index (χ0n) is 7.45. The summed E-state index contributed by atoms with van der Waals surface area (Å²) in [6.07, 6.45) is 1.81. The van der Waals surface area contributed by atoms with Crippen LogP contribution in [0.15, 0.2) is 0 Å². The number of ether oxygens (including phenoxy) is 1. The summed E-state index contributed by atoms with van der Waals surface area (Å²) in [6.45, 7) is 7.73. The molecular formula is C8H18O3. The van der Waals surface area contributed by atoms with Gasteiger partial charge in [0.05, 0.1) is 12.7 Å². The standard InChI is InChI=1S/C8H16O.H2O2/c1-4-6(2)8-7(3)5-9-8;1-2/h6-8H,4-5H2,1-3H3;1-2H. The molecule has 0 amide bonds. The molecule has 3 nitrogen and oxygen atoms in total. The van der Waals surface area contributed by atoms with Gasteiger partial charge in [0.1, 0.15) is 0 Å². The van der Waals surface area contributed by atoms with Crippen molar-refractivity contribution < 1.29 is 15.3 Å². The lowest BCUT2D eigenvalue weighted by Crippen LogP contribution is -2.42. The number of hydrogen-bond acceptors (Lipinski definition) is 3. The summed E-state index contributed by atoms with van der Waals surface area (Å²) in [7, 11) is 0. The number of rotatable bonds is 2. The van der Waals surface area contributed by atoms with E-state index < -0.39 is 0 Å². The van der Waals surface area contributed by atoms with E-state index in [1.54, 1.807) is 0 Å². The van der Waals surface area contributed by atoms with Crippen LogP contribution in [0.3, 0.4) is 0 Å². The Labute approximate surface area is 67.9 Å². The Hall–Kier alpha value is -0.120. The molecule has 0 saturated carbocycles. The molecule has 1 rings (SSSR count). The molecule has 1 aliphatic heterocycles. The molecular weight excluding hydrogens is 144 g/mol. The van der Waals surface area contributed by atoms with E-state index >= 15 is 0 Å². The van der Waals surface area contributed by atoms with E-state index in [1.165, 1.54) is 6.42 Å². The van der Waals surface area contributed by atoms with Gasteiger partial charge in [0.15, 0.2) is 0 Å². The summed E-state index contributed by atoms with van der Waals surface area (Å²) in [4.78, 5) is 0. The minimum absolute atomic E-state index is 0.565. The average Bonchev–Trinajstić information content (AvgIpc) is 2.05. The molecule has 2 N–H and O–H groups in total. The van der Waals surface area contributed by atoms with E-state index in [-0.39, 0.29) is 0 Å². The molecule has 0 spiro atoms. The Morgan fingerprint density at radius 3 is 2.18 bits per heavy atom. The summed E-state index contributed by atoms with van der Waals surface area (Å²) in [5, 5.41) is 12.0. The van der Waals surface area contributed by atoms with Gasteiger partial charge in [-0.3, -0.25) is 10.5 Å². The van der Waals surface area contributed by atoms with Gasteiger partial charge in [0.25, 0.3) is 0 Å². The SMILES string of the molecule is CCC(C)C1OCC1C.OO. The Balaban J connectivity index is 0.000000461. The Bertz CT molecular complexity index is 95.3. The number of hydrogen-bond donors (Lipinski definition) is 2. The fourth-order valence-electron chi connectivity index (χ4n) is 1.36. The molecule has 3 heteroatoms. The van der Waals surface area contributed by atoms with Gasteiger partial charge < -0.3 is 4.74 Å². The van der Waals surface area contributed by atoms with Crippen LogP contribution in [-0.2, 0) is 4.74 Å². The Kier molecular flexibility index (Phi) is 5.46. The average molecular weight is 162 g/mol. The zero-order chi connectivity index (χ0) is 8.85. The minimum Gasteiger partial charge on any atom is -0.377 e. The van der Waals surface area contributed by atoms with Crippen LogP contribution in [0.4, 0.5) is 0 Å². The molecule has 0 aromatic rings. The van der Waals surface area contributed by atoms with Gasteiger partial charge >= 0.3 is 0 Å². The Morgan fingerprint density at radius 2 is 2.09 bits per heavy atom. The summed E-state index contributed by atoms with van der Waals surface area (Å²) >= 11 is 0. The maximum atomic E-state index is 6.00. The summed E-state index contributed by atoms with van der Waals surface area (Å²) in [6, 6.07) is 0. The molecule has 11 heavy (non-hydrogen) atoms. The van der Waals surface area contributed by atoms with Crippen LogP contribution in [0.25, 0.3) is 0 Å². The summed E-state index contributed by atoms with van der Waals surface area (Å²) in [5.74, 6) is 1.56. The first-order valence-electron chi connectivity index (χ1n) is 4.07. The third kappa shape index (κ3) is 2.77. The third-order valence-electron chi connectivity index (χ3n) is 2.32. The largest absolute Gasteiger partial charge is 0.377 e. The first-order chi connectivity index (χ1) is 5.25. The maximum absolute atomic E-state index is 6.00. The van der Waals surface area contributed by atoms with Crippen molar-refractivity contribution in [2.45, 2.75) is 33.3 Å². The third-order valence-corrected chi connectivity index (χ3v) is 2.32. The van der Waals surface area contributed by atoms with Crippen LogP contribution in [-0.4, -0.2) is 23.2 Å². The second-order valence-corrected chi connectivity index (χ2v) is 3.16. The maximum Gasteiger partial charge on any atom is 0.0648 e. The van der Waals surface area contributed by atoms with Gasteiger partial charge in [-0.05, 0) is 5.92 Å². The molecule has 68 valence electrons. The predicted octanol–water partition coefficient (Wildman–Crippen LogP) is 2.08. The van der Waals surface area contributed by atoms with Crippen molar-refractivity contribution in [3.63, 3.8) is 0 Å². The second kappa shape index (κ2) is 5.52. The lowest BCUT2D eigenvalue weighted by molar-refractivity contribution is -0.176. The molecule has 0 radical (unpaired) electrons. The first-order valence-corrected chi connectivity index (χ1v) is 4.07. The van der Waals surface area contributed by atoms with Gasteiger partial charge in [-0.1, -0.05) is 27.2 Å². The fraction of sp³-hybridized carbons (Fsp3) is 1.00. The smallest absolute Gasteiger partial charge is 0.0648 e. The van der Waals surface area contributed by atoms with Crippen molar-refractivity contribution >= 4 is 0 Å². The minimum atomic E-state index is 0.565. The van der Waals surface area contributed by atoms with Crippen molar-refractivity contribution in [1.29, 1.82) is 0 Å². The van der Waals surface area contributed by atoms with Crippen molar-refractivity contribution in [3.05, 3.63) is 0 Å². The van der Waals surface area contributed by atoms with Crippen molar-refractivity contribution in [2.75, 3.05) is 6.61 Å². The van der Waals surface area contributed by atoms with Crippen LogP contribution in [0, 0.1) is 11.8 Å². The van der Waals surface area contributed by atoms with Gasteiger partial charge in [0.2, 0.25) is 0 Å².